The Labute approximate surface area is 194 Å². The number of Topliss-reactive ketones (excluding diaryl/α,β-unsaturated/α-hetero) is 1. The number of ether oxygens (including phenoxy) is 2. The molecule has 1 N–H and O–H groups in total. The molecular formula is C27H32O4S. The third-order valence-electron chi connectivity index (χ3n) is 9.02. The molecule has 4 atom stereocenters. The number of rotatable bonds is 2. The Hall–Kier alpha value is -1.40. The fourth-order valence-electron chi connectivity index (χ4n) is 7.42. The minimum Gasteiger partial charge on any atom is -0.387 e. The summed E-state index contributed by atoms with van der Waals surface area (Å²) in [6, 6.07) is 8.60. The first-order valence-electron chi connectivity index (χ1n) is 12.1. The lowest BCUT2D eigenvalue weighted by atomic mass is 9.56. The zero-order valence-corrected chi connectivity index (χ0v) is 19.8. The highest BCUT2D eigenvalue weighted by atomic mass is 32.2. The Kier molecular flexibility index (Phi) is 5.00. The van der Waals surface area contributed by atoms with Gasteiger partial charge in [-0.05, 0) is 79.0 Å². The third kappa shape index (κ3) is 2.84. The van der Waals surface area contributed by atoms with Crippen LogP contribution in [0.5, 0.6) is 0 Å². The van der Waals surface area contributed by atoms with Crippen LogP contribution in [0.1, 0.15) is 57.4 Å². The first kappa shape index (κ1) is 21.2. The minimum atomic E-state index is -1.06. The molecule has 1 spiro atoms. The van der Waals surface area contributed by atoms with Crippen molar-refractivity contribution in [1.82, 2.24) is 0 Å². The lowest BCUT2D eigenvalue weighted by molar-refractivity contribution is -0.178. The summed E-state index contributed by atoms with van der Waals surface area (Å²) < 4.78 is 12.4. The molecule has 32 heavy (non-hydrogen) atoms. The van der Waals surface area contributed by atoms with Gasteiger partial charge in [0.15, 0.2) is 0 Å². The van der Waals surface area contributed by atoms with Crippen molar-refractivity contribution in [2.45, 2.75) is 68.7 Å². The summed E-state index contributed by atoms with van der Waals surface area (Å²) in [5.74, 6) is 0.354. The maximum Gasteiger partial charge on any atom is 0.223 e. The van der Waals surface area contributed by atoms with Crippen molar-refractivity contribution in [3.05, 3.63) is 46.5 Å². The van der Waals surface area contributed by atoms with E-state index in [2.05, 4.69) is 37.4 Å². The molecule has 5 aliphatic rings. The van der Waals surface area contributed by atoms with Crippen molar-refractivity contribution in [3.63, 3.8) is 0 Å². The molecule has 0 radical (unpaired) electrons. The molecule has 6 rings (SSSR count). The molecule has 1 unspecified atom stereocenters. The fraction of sp³-hybridized carbons (Fsp3) is 0.593. The van der Waals surface area contributed by atoms with Crippen LogP contribution >= 0.6 is 11.8 Å². The predicted molar refractivity (Wildman–Crippen MR) is 125 cm³/mol. The maximum atomic E-state index is 12.7. The van der Waals surface area contributed by atoms with Crippen molar-refractivity contribution in [2.75, 3.05) is 19.5 Å². The van der Waals surface area contributed by atoms with Gasteiger partial charge in [0, 0.05) is 28.7 Å². The predicted octanol–water partition coefficient (Wildman–Crippen LogP) is 5.16. The Morgan fingerprint density at radius 1 is 1.03 bits per heavy atom. The van der Waals surface area contributed by atoms with E-state index in [-0.39, 0.29) is 5.41 Å². The molecule has 1 aromatic carbocycles. The number of benzene rings is 1. The molecule has 0 aromatic heterocycles. The van der Waals surface area contributed by atoms with Crippen LogP contribution in [-0.2, 0) is 14.3 Å². The van der Waals surface area contributed by atoms with Gasteiger partial charge in [-0.25, -0.2) is 0 Å². The van der Waals surface area contributed by atoms with Crippen LogP contribution in [0.4, 0.5) is 0 Å². The van der Waals surface area contributed by atoms with E-state index in [9.17, 15) is 9.90 Å². The molecule has 4 nitrogen and oxygen atoms in total. The van der Waals surface area contributed by atoms with Gasteiger partial charge in [0.25, 0.3) is 0 Å². The summed E-state index contributed by atoms with van der Waals surface area (Å²) in [5, 5.41) is 11.4. The Bertz CT molecular complexity index is 1020. The lowest BCUT2D eigenvalue weighted by Gasteiger charge is -2.49. The highest BCUT2D eigenvalue weighted by Crippen LogP contribution is 2.61. The number of carbonyl (C=O) groups is 1. The number of thioether (sulfide) groups is 1. The smallest absolute Gasteiger partial charge is 0.223 e. The van der Waals surface area contributed by atoms with Crippen molar-refractivity contribution >= 4 is 23.1 Å². The zero-order valence-electron chi connectivity index (χ0n) is 19.0. The second-order valence-corrected chi connectivity index (χ2v) is 11.2. The van der Waals surface area contributed by atoms with E-state index < -0.39 is 11.9 Å². The normalized spacial score (nSPS) is 35.8. The molecule has 5 heteroatoms. The monoisotopic (exact) mass is 452 g/mol. The average Bonchev–Trinajstić information content (AvgIpc) is 3.41. The van der Waals surface area contributed by atoms with Crippen LogP contribution in [-0.4, -0.2) is 42.3 Å². The van der Waals surface area contributed by atoms with Crippen LogP contribution in [0.2, 0.25) is 0 Å². The summed E-state index contributed by atoms with van der Waals surface area (Å²) in [5.41, 5.74) is 6.16. The molecule has 3 fully saturated rings. The largest absolute Gasteiger partial charge is 0.387 e. The number of carbonyl (C=O) groups excluding carboxylic acids is 1. The maximum absolute atomic E-state index is 12.7. The van der Waals surface area contributed by atoms with Crippen molar-refractivity contribution in [2.24, 2.45) is 17.3 Å². The van der Waals surface area contributed by atoms with E-state index in [1.807, 2.05) is 0 Å². The van der Waals surface area contributed by atoms with E-state index in [0.717, 1.165) is 49.7 Å². The fourth-order valence-corrected chi connectivity index (χ4v) is 7.83. The summed E-state index contributed by atoms with van der Waals surface area (Å²) in [4.78, 5) is 13.9. The van der Waals surface area contributed by atoms with E-state index in [0.29, 0.717) is 37.3 Å². The molecule has 2 saturated carbocycles. The molecule has 0 bridgehead atoms. The van der Waals surface area contributed by atoms with Gasteiger partial charge < -0.3 is 14.6 Å². The number of aliphatic hydroxyl groups is 1. The number of allylic oxidation sites excluding steroid dienone is 2. The van der Waals surface area contributed by atoms with Gasteiger partial charge in [0.2, 0.25) is 5.79 Å². The van der Waals surface area contributed by atoms with E-state index in [4.69, 9.17) is 9.47 Å². The molecule has 1 aromatic rings. The number of aliphatic hydroxyl groups excluding tert-OH is 1. The minimum absolute atomic E-state index is 0.140. The first-order chi connectivity index (χ1) is 15.5. The molecule has 170 valence electrons. The van der Waals surface area contributed by atoms with E-state index in [1.54, 1.807) is 11.8 Å². The number of hydrogen-bond acceptors (Lipinski definition) is 5. The first-order valence-corrected chi connectivity index (χ1v) is 13.3. The van der Waals surface area contributed by atoms with Gasteiger partial charge in [0.05, 0.1) is 13.2 Å². The standard InChI is InChI=1S/C27H32O4S/c1-26-12-11-18-19(22(26)9-10-23(26)28)7-8-20-21(18)15-24(29)27(30-13-14-31-27)25(20)16-3-5-17(32-2)6-4-16/h3-6,19,22,24,29H,7-15H2,1-2H3/t19-,22+,24?,26+/m1/s1. The second kappa shape index (κ2) is 7.56. The Morgan fingerprint density at radius 2 is 1.78 bits per heavy atom. The van der Waals surface area contributed by atoms with Crippen LogP contribution in [0, 0.1) is 17.3 Å². The van der Waals surface area contributed by atoms with Gasteiger partial charge in [-0.1, -0.05) is 24.6 Å². The molecule has 1 heterocycles. The number of hydrogen-bond donors (Lipinski definition) is 1. The second-order valence-electron chi connectivity index (χ2n) is 10.3. The number of fused-ring (bicyclic) bond motifs is 4. The van der Waals surface area contributed by atoms with E-state index in [1.165, 1.54) is 21.6 Å². The van der Waals surface area contributed by atoms with Gasteiger partial charge >= 0.3 is 0 Å². The SMILES string of the molecule is CSc1ccc(C2=C3CC[C@@H]4C(=C3CC(O)C23OCCO3)CC[C@]2(C)C(=O)CC[C@@H]42)cc1. The van der Waals surface area contributed by atoms with Gasteiger partial charge in [0.1, 0.15) is 11.9 Å². The Morgan fingerprint density at radius 3 is 2.50 bits per heavy atom. The van der Waals surface area contributed by atoms with Gasteiger partial charge in [-0.2, -0.15) is 0 Å². The number of ketones is 1. The quantitative estimate of drug-likeness (QED) is 0.629. The van der Waals surface area contributed by atoms with Crippen LogP contribution in [0.3, 0.4) is 0 Å². The van der Waals surface area contributed by atoms with Crippen LogP contribution in [0.15, 0.2) is 45.9 Å². The lowest BCUT2D eigenvalue weighted by Crippen LogP contribution is -2.49. The summed E-state index contributed by atoms with van der Waals surface area (Å²) >= 11 is 1.73. The third-order valence-corrected chi connectivity index (χ3v) is 9.77. The summed E-state index contributed by atoms with van der Waals surface area (Å²) in [7, 11) is 0. The van der Waals surface area contributed by atoms with Crippen LogP contribution < -0.4 is 0 Å². The van der Waals surface area contributed by atoms with Crippen molar-refractivity contribution in [3.8, 4) is 0 Å². The van der Waals surface area contributed by atoms with Crippen molar-refractivity contribution in [1.29, 1.82) is 0 Å². The molecule has 1 saturated heterocycles. The Balaban J connectivity index is 1.51. The molecule has 4 aliphatic carbocycles. The summed E-state index contributed by atoms with van der Waals surface area (Å²) in [6.07, 6.45) is 7.69. The average molecular weight is 453 g/mol. The molecule has 1 aliphatic heterocycles. The summed E-state index contributed by atoms with van der Waals surface area (Å²) in [6.45, 7) is 3.23. The molecular weight excluding hydrogens is 420 g/mol. The molecule has 0 amide bonds. The van der Waals surface area contributed by atoms with Crippen LogP contribution in [0.25, 0.3) is 5.57 Å². The van der Waals surface area contributed by atoms with Crippen molar-refractivity contribution < 1.29 is 19.4 Å². The zero-order chi connectivity index (χ0) is 22.1. The van der Waals surface area contributed by atoms with E-state index >= 15 is 0 Å². The topological polar surface area (TPSA) is 55.8 Å². The highest BCUT2D eigenvalue weighted by Gasteiger charge is 2.57. The van der Waals surface area contributed by atoms with Gasteiger partial charge in [-0.15, -0.1) is 11.8 Å². The van der Waals surface area contributed by atoms with Gasteiger partial charge in [-0.3, -0.25) is 4.79 Å². The highest BCUT2D eigenvalue weighted by molar-refractivity contribution is 7.98.